The first kappa shape index (κ1) is 20.7. The van der Waals surface area contributed by atoms with Gasteiger partial charge in [-0.05, 0) is 48.5 Å². The van der Waals surface area contributed by atoms with E-state index in [9.17, 15) is 10.2 Å². The lowest BCUT2D eigenvalue weighted by Crippen LogP contribution is -2.24. The topological polar surface area (TPSA) is 62.2 Å². The van der Waals surface area contributed by atoms with Gasteiger partial charge < -0.3 is 19.7 Å². The summed E-state index contributed by atoms with van der Waals surface area (Å²) in [6, 6.07) is 20.7. The molecule has 0 radical (unpaired) electrons. The minimum Gasteiger partial charge on any atom is -0.508 e. The zero-order valence-corrected chi connectivity index (χ0v) is 17.0. The van der Waals surface area contributed by atoms with Crippen molar-refractivity contribution in [2.24, 2.45) is 0 Å². The Morgan fingerprint density at radius 1 is 0.931 bits per heavy atom. The first-order valence-electron chi connectivity index (χ1n) is 9.47. The van der Waals surface area contributed by atoms with Gasteiger partial charge in [-0.3, -0.25) is 4.90 Å². The molecule has 0 fully saturated rings. The average molecular weight is 393 g/mol. The highest BCUT2D eigenvalue weighted by atomic mass is 16.5. The Bertz CT molecular complexity index is 943. The van der Waals surface area contributed by atoms with Crippen molar-refractivity contribution in [3.05, 3.63) is 77.9 Å². The third-order valence-corrected chi connectivity index (χ3v) is 4.91. The van der Waals surface area contributed by atoms with Gasteiger partial charge in [-0.15, -0.1) is 0 Å². The molecule has 1 atom stereocenters. The number of hydrogen-bond acceptors (Lipinski definition) is 5. The molecule has 0 saturated carbocycles. The zero-order chi connectivity index (χ0) is 20.8. The van der Waals surface area contributed by atoms with Crippen LogP contribution in [0.15, 0.2) is 66.7 Å². The Hall–Kier alpha value is -3.02. The van der Waals surface area contributed by atoms with Crippen LogP contribution in [0.5, 0.6) is 17.2 Å². The molecule has 0 amide bonds. The van der Waals surface area contributed by atoms with Crippen LogP contribution in [-0.2, 0) is 6.54 Å². The summed E-state index contributed by atoms with van der Waals surface area (Å²) in [4.78, 5) is 1.99. The second kappa shape index (κ2) is 9.45. The lowest BCUT2D eigenvalue weighted by molar-refractivity contribution is 0.123. The highest BCUT2D eigenvalue weighted by Gasteiger charge is 2.14. The number of rotatable bonds is 8. The molecule has 3 aromatic rings. The Balaban J connectivity index is 1.81. The number of aromatic hydroxyl groups is 1. The van der Waals surface area contributed by atoms with Gasteiger partial charge in [-0.1, -0.05) is 36.4 Å². The van der Waals surface area contributed by atoms with Crippen LogP contribution in [0.25, 0.3) is 11.1 Å². The fraction of sp³-hybridized carbons (Fsp3) is 0.250. The molecule has 0 bridgehead atoms. The molecule has 0 aromatic heterocycles. The number of ether oxygens (including phenoxy) is 2. The Morgan fingerprint density at radius 2 is 1.69 bits per heavy atom. The van der Waals surface area contributed by atoms with Crippen LogP contribution in [-0.4, -0.2) is 42.9 Å². The monoisotopic (exact) mass is 393 g/mol. The van der Waals surface area contributed by atoms with Crippen LogP contribution in [0.3, 0.4) is 0 Å². The number of benzene rings is 3. The molecule has 0 saturated heterocycles. The van der Waals surface area contributed by atoms with Gasteiger partial charge in [-0.25, -0.2) is 0 Å². The molecule has 3 rings (SSSR count). The number of phenolic OH excluding ortho intramolecular Hbond substituents is 1. The van der Waals surface area contributed by atoms with Crippen molar-refractivity contribution in [2.45, 2.75) is 12.6 Å². The highest BCUT2D eigenvalue weighted by Crippen LogP contribution is 2.35. The molecule has 5 nitrogen and oxygen atoms in total. The number of methoxy groups -OCH3 is 2. The van der Waals surface area contributed by atoms with Crippen molar-refractivity contribution in [2.75, 3.05) is 27.8 Å². The second-order valence-electron chi connectivity index (χ2n) is 7.03. The van der Waals surface area contributed by atoms with Crippen molar-refractivity contribution in [1.82, 2.24) is 4.90 Å². The van der Waals surface area contributed by atoms with Crippen molar-refractivity contribution in [1.29, 1.82) is 0 Å². The Morgan fingerprint density at radius 3 is 2.38 bits per heavy atom. The van der Waals surface area contributed by atoms with E-state index in [-0.39, 0.29) is 5.75 Å². The molecule has 0 heterocycles. The maximum atomic E-state index is 10.5. The third kappa shape index (κ3) is 5.08. The van der Waals surface area contributed by atoms with E-state index < -0.39 is 6.10 Å². The lowest BCUT2D eigenvalue weighted by Gasteiger charge is -2.22. The molecule has 0 aliphatic heterocycles. The van der Waals surface area contributed by atoms with Crippen molar-refractivity contribution >= 4 is 0 Å². The van der Waals surface area contributed by atoms with E-state index in [1.165, 1.54) is 0 Å². The minimum absolute atomic E-state index is 0.219. The quantitative estimate of drug-likeness (QED) is 0.599. The Kier molecular flexibility index (Phi) is 6.75. The molecule has 1 unspecified atom stereocenters. The van der Waals surface area contributed by atoms with E-state index in [0.29, 0.717) is 13.1 Å². The lowest BCUT2D eigenvalue weighted by atomic mass is 10.0. The predicted molar refractivity (Wildman–Crippen MR) is 114 cm³/mol. The van der Waals surface area contributed by atoms with Crippen molar-refractivity contribution in [3.63, 3.8) is 0 Å². The maximum absolute atomic E-state index is 10.5. The number of likely N-dealkylation sites (N-methyl/N-ethyl adjacent to an activating group) is 1. The summed E-state index contributed by atoms with van der Waals surface area (Å²) >= 11 is 0. The van der Waals surface area contributed by atoms with Crippen molar-refractivity contribution in [3.8, 4) is 28.4 Å². The van der Waals surface area contributed by atoms with Crippen LogP contribution in [0.2, 0.25) is 0 Å². The van der Waals surface area contributed by atoms with E-state index in [4.69, 9.17) is 9.47 Å². The summed E-state index contributed by atoms with van der Waals surface area (Å²) in [5, 5.41) is 20.8. The summed E-state index contributed by atoms with van der Waals surface area (Å²) < 4.78 is 10.8. The fourth-order valence-electron chi connectivity index (χ4n) is 3.35. The summed E-state index contributed by atoms with van der Waals surface area (Å²) in [6.07, 6.45) is -0.593. The number of nitrogens with zero attached hydrogens (tertiary/aromatic N) is 1. The molecular weight excluding hydrogens is 366 g/mol. The Labute approximate surface area is 171 Å². The average Bonchev–Trinajstić information content (AvgIpc) is 2.75. The van der Waals surface area contributed by atoms with E-state index >= 15 is 0 Å². The SMILES string of the molecule is COc1ccc(OC)c(-c2ccc(O)c(CN(C)CC(O)c3ccccc3)c2)c1. The van der Waals surface area contributed by atoms with E-state index in [1.807, 2.05) is 72.6 Å². The van der Waals surface area contributed by atoms with E-state index in [2.05, 4.69) is 0 Å². The molecule has 5 heteroatoms. The highest BCUT2D eigenvalue weighted by molar-refractivity contribution is 5.73. The maximum Gasteiger partial charge on any atom is 0.126 e. The van der Waals surface area contributed by atoms with Crippen LogP contribution in [0, 0.1) is 0 Å². The number of phenols is 1. The van der Waals surface area contributed by atoms with Gasteiger partial charge in [-0.2, -0.15) is 0 Å². The van der Waals surface area contributed by atoms with Gasteiger partial charge in [0.15, 0.2) is 0 Å². The van der Waals surface area contributed by atoms with Crippen LogP contribution >= 0.6 is 0 Å². The normalized spacial score (nSPS) is 12.0. The van der Waals surface area contributed by atoms with Gasteiger partial charge in [0.05, 0.1) is 20.3 Å². The largest absolute Gasteiger partial charge is 0.508 e. The van der Waals surface area contributed by atoms with Gasteiger partial charge >= 0.3 is 0 Å². The van der Waals surface area contributed by atoms with Gasteiger partial charge in [0, 0.05) is 24.2 Å². The number of aliphatic hydroxyl groups is 1. The van der Waals surface area contributed by atoms with Gasteiger partial charge in [0.25, 0.3) is 0 Å². The van der Waals surface area contributed by atoms with Crippen LogP contribution in [0.4, 0.5) is 0 Å². The first-order valence-corrected chi connectivity index (χ1v) is 9.47. The molecule has 29 heavy (non-hydrogen) atoms. The molecule has 0 aliphatic rings. The second-order valence-corrected chi connectivity index (χ2v) is 7.03. The smallest absolute Gasteiger partial charge is 0.126 e. The number of aliphatic hydroxyl groups excluding tert-OH is 1. The molecule has 3 aromatic carbocycles. The van der Waals surface area contributed by atoms with Crippen LogP contribution in [0.1, 0.15) is 17.2 Å². The molecular formula is C24H27NO4. The third-order valence-electron chi connectivity index (χ3n) is 4.91. The zero-order valence-electron chi connectivity index (χ0n) is 17.0. The fourth-order valence-corrected chi connectivity index (χ4v) is 3.35. The number of hydrogen-bond donors (Lipinski definition) is 2. The summed E-state index contributed by atoms with van der Waals surface area (Å²) in [6.45, 7) is 0.950. The standard InChI is InChI=1S/C24H27NO4/c1-25(16-23(27)17-7-5-4-6-8-17)15-19-13-18(9-11-22(19)26)21-14-20(28-2)10-12-24(21)29-3/h4-14,23,26-27H,15-16H2,1-3H3. The van der Waals surface area contributed by atoms with Crippen LogP contribution < -0.4 is 9.47 Å². The molecule has 2 N–H and O–H groups in total. The summed E-state index contributed by atoms with van der Waals surface area (Å²) in [7, 11) is 5.18. The summed E-state index contributed by atoms with van der Waals surface area (Å²) in [5.74, 6) is 1.69. The minimum atomic E-state index is -0.593. The van der Waals surface area contributed by atoms with Gasteiger partial charge in [0.1, 0.15) is 17.2 Å². The van der Waals surface area contributed by atoms with E-state index in [0.717, 1.165) is 33.8 Å². The van der Waals surface area contributed by atoms with E-state index in [1.54, 1.807) is 20.3 Å². The van der Waals surface area contributed by atoms with Crippen molar-refractivity contribution < 1.29 is 19.7 Å². The van der Waals surface area contributed by atoms with Gasteiger partial charge in [0.2, 0.25) is 0 Å². The predicted octanol–water partition coefficient (Wildman–Crippen LogP) is 4.24. The molecule has 0 aliphatic carbocycles. The summed E-state index contributed by atoms with van der Waals surface area (Å²) in [5.41, 5.74) is 3.46. The first-order chi connectivity index (χ1) is 14.0. The molecule has 152 valence electrons. The molecule has 0 spiro atoms.